The summed E-state index contributed by atoms with van der Waals surface area (Å²) in [6.07, 6.45) is 2.83. The van der Waals surface area contributed by atoms with Crippen LogP contribution in [0.2, 0.25) is 0 Å². The lowest BCUT2D eigenvalue weighted by Crippen LogP contribution is -2.43. The molecule has 180 valence electrons. The molecule has 3 aromatic rings. The Labute approximate surface area is 204 Å². The van der Waals surface area contributed by atoms with Crippen LogP contribution in [0.4, 0.5) is 4.79 Å². The Morgan fingerprint density at radius 2 is 1.74 bits per heavy atom. The van der Waals surface area contributed by atoms with Gasteiger partial charge in [-0.15, -0.1) is 0 Å². The van der Waals surface area contributed by atoms with Gasteiger partial charge in [0.1, 0.15) is 5.54 Å². The monoisotopic (exact) mass is 471 g/mol. The molecule has 2 saturated heterocycles. The average Bonchev–Trinajstić information content (AvgIpc) is 3.32. The lowest BCUT2D eigenvalue weighted by atomic mass is 9.90. The van der Waals surface area contributed by atoms with Crippen molar-refractivity contribution in [1.29, 1.82) is 0 Å². The molecule has 2 atom stereocenters. The number of hydrogen-bond donors (Lipinski definition) is 1. The summed E-state index contributed by atoms with van der Waals surface area (Å²) >= 11 is 0. The smallest absolute Gasteiger partial charge is 0.326 e. The molecule has 0 bridgehead atoms. The summed E-state index contributed by atoms with van der Waals surface area (Å²) in [4.78, 5) is 30.2. The van der Waals surface area contributed by atoms with Crippen molar-refractivity contribution < 1.29 is 19.1 Å². The van der Waals surface area contributed by atoms with E-state index in [1.807, 2.05) is 48.5 Å². The highest BCUT2D eigenvalue weighted by Gasteiger charge is 2.50. The van der Waals surface area contributed by atoms with Crippen molar-refractivity contribution in [2.75, 3.05) is 26.4 Å². The van der Waals surface area contributed by atoms with Crippen molar-refractivity contribution in [3.05, 3.63) is 71.8 Å². The molecular formula is C28H29N3O4. The maximum Gasteiger partial charge on any atom is 0.326 e. The largest absolute Gasteiger partial charge is 0.490 e. The second-order valence-electron chi connectivity index (χ2n) is 9.72. The average molecular weight is 472 g/mol. The van der Waals surface area contributed by atoms with E-state index < -0.39 is 5.54 Å². The van der Waals surface area contributed by atoms with E-state index in [1.165, 1.54) is 4.90 Å². The third-order valence-corrected chi connectivity index (χ3v) is 7.44. The Morgan fingerprint density at radius 1 is 0.943 bits per heavy atom. The number of likely N-dealkylation sites (tertiary alicyclic amines) is 1. The van der Waals surface area contributed by atoms with Gasteiger partial charge in [0.05, 0.1) is 19.9 Å². The first-order valence-electron chi connectivity index (χ1n) is 12.3. The lowest BCUT2D eigenvalue weighted by Gasteiger charge is -2.29. The number of fused-ring (bicyclic) bond motifs is 2. The number of rotatable bonds is 4. The quantitative estimate of drug-likeness (QED) is 0.565. The van der Waals surface area contributed by atoms with E-state index in [1.54, 1.807) is 6.92 Å². The zero-order valence-electron chi connectivity index (χ0n) is 19.8. The topological polar surface area (TPSA) is 71.1 Å². The number of ether oxygens (including phenoxy) is 2. The Hall–Kier alpha value is -3.58. The normalized spacial score (nSPS) is 24.6. The van der Waals surface area contributed by atoms with Crippen LogP contribution in [0.15, 0.2) is 60.7 Å². The van der Waals surface area contributed by atoms with Crippen LogP contribution in [-0.4, -0.2) is 48.2 Å². The summed E-state index contributed by atoms with van der Waals surface area (Å²) in [5.74, 6) is 1.32. The van der Waals surface area contributed by atoms with Gasteiger partial charge >= 0.3 is 6.03 Å². The van der Waals surface area contributed by atoms with Gasteiger partial charge in [-0.3, -0.25) is 9.69 Å². The van der Waals surface area contributed by atoms with Crippen molar-refractivity contribution in [2.45, 2.75) is 37.8 Å². The van der Waals surface area contributed by atoms with Crippen LogP contribution < -0.4 is 14.8 Å². The van der Waals surface area contributed by atoms with E-state index in [0.717, 1.165) is 59.2 Å². The van der Waals surface area contributed by atoms with E-state index in [2.05, 4.69) is 22.3 Å². The van der Waals surface area contributed by atoms with Crippen molar-refractivity contribution >= 4 is 22.7 Å². The molecule has 0 aromatic heterocycles. The number of benzene rings is 3. The molecule has 3 amide bonds. The van der Waals surface area contributed by atoms with Gasteiger partial charge in [0, 0.05) is 19.0 Å². The van der Waals surface area contributed by atoms with E-state index >= 15 is 0 Å². The predicted molar refractivity (Wildman–Crippen MR) is 132 cm³/mol. The molecule has 3 heterocycles. The van der Waals surface area contributed by atoms with Crippen LogP contribution in [0.3, 0.4) is 0 Å². The maximum atomic E-state index is 13.6. The minimum atomic E-state index is -1.09. The summed E-state index contributed by atoms with van der Waals surface area (Å²) in [6.45, 7) is 4.17. The van der Waals surface area contributed by atoms with Gasteiger partial charge in [-0.1, -0.05) is 42.5 Å². The number of amides is 3. The molecule has 7 heteroatoms. The zero-order valence-corrected chi connectivity index (χ0v) is 19.8. The van der Waals surface area contributed by atoms with Gasteiger partial charge in [-0.25, -0.2) is 9.69 Å². The number of carbonyl (C=O) groups excluding carboxylic acids is 2. The standard InChI is InChI=1S/C28H29N3O4/c1-28(22-11-9-19-6-2-3-7-20(19)16-22)26(32)31(27(33)29-28)18-30-13-4-8-23(30)21-10-12-24-25(17-21)35-15-5-14-34-24/h2-3,6-7,9-12,16-17,23H,4-5,8,13-15,18H2,1H3,(H,29,33)/t23-,28+/m0/s1. The minimum absolute atomic E-state index is 0.111. The number of carbonyl (C=O) groups is 2. The van der Waals surface area contributed by atoms with Crippen LogP contribution in [0.25, 0.3) is 10.8 Å². The Balaban J connectivity index is 1.24. The first-order chi connectivity index (χ1) is 17.0. The third kappa shape index (κ3) is 3.80. The molecule has 0 unspecified atom stereocenters. The third-order valence-electron chi connectivity index (χ3n) is 7.44. The number of imide groups is 1. The molecule has 0 spiro atoms. The van der Waals surface area contributed by atoms with Crippen molar-refractivity contribution in [3.8, 4) is 11.5 Å². The van der Waals surface area contributed by atoms with Gasteiger partial charge in [-0.2, -0.15) is 0 Å². The van der Waals surface area contributed by atoms with E-state index in [9.17, 15) is 9.59 Å². The highest BCUT2D eigenvalue weighted by atomic mass is 16.5. The number of nitrogens with one attached hydrogen (secondary N) is 1. The van der Waals surface area contributed by atoms with Crippen molar-refractivity contribution in [2.24, 2.45) is 0 Å². The molecule has 0 radical (unpaired) electrons. The van der Waals surface area contributed by atoms with E-state index in [0.29, 0.717) is 13.2 Å². The summed E-state index contributed by atoms with van der Waals surface area (Å²) in [5, 5.41) is 5.10. The molecule has 0 saturated carbocycles. The molecule has 2 fully saturated rings. The van der Waals surface area contributed by atoms with Crippen LogP contribution in [0.5, 0.6) is 11.5 Å². The highest BCUT2D eigenvalue weighted by molar-refractivity contribution is 6.07. The van der Waals surface area contributed by atoms with Gasteiger partial charge in [0.25, 0.3) is 5.91 Å². The molecule has 35 heavy (non-hydrogen) atoms. The van der Waals surface area contributed by atoms with Gasteiger partial charge in [0.15, 0.2) is 11.5 Å². The second kappa shape index (κ2) is 8.57. The molecule has 7 nitrogen and oxygen atoms in total. The number of hydrogen-bond acceptors (Lipinski definition) is 5. The molecule has 3 aromatic carbocycles. The fourth-order valence-corrected chi connectivity index (χ4v) is 5.46. The van der Waals surface area contributed by atoms with Gasteiger partial charge in [0.2, 0.25) is 0 Å². The first kappa shape index (κ1) is 21.9. The zero-order chi connectivity index (χ0) is 24.0. The van der Waals surface area contributed by atoms with Crippen molar-refractivity contribution in [1.82, 2.24) is 15.1 Å². The molecule has 6 rings (SSSR count). The van der Waals surface area contributed by atoms with Gasteiger partial charge in [-0.05, 0) is 59.9 Å². The fourth-order valence-electron chi connectivity index (χ4n) is 5.46. The van der Waals surface area contributed by atoms with E-state index in [-0.39, 0.29) is 24.6 Å². The number of urea groups is 1. The summed E-state index contributed by atoms with van der Waals surface area (Å²) in [7, 11) is 0. The Morgan fingerprint density at radius 3 is 2.60 bits per heavy atom. The Kier molecular flexibility index (Phi) is 5.37. The van der Waals surface area contributed by atoms with Crippen LogP contribution in [0.1, 0.15) is 43.4 Å². The second-order valence-corrected chi connectivity index (χ2v) is 9.72. The fraction of sp³-hybridized carbons (Fsp3) is 0.357. The minimum Gasteiger partial charge on any atom is -0.490 e. The molecule has 1 N–H and O–H groups in total. The first-order valence-corrected chi connectivity index (χ1v) is 12.3. The summed E-state index contributed by atoms with van der Waals surface area (Å²) in [5.41, 5.74) is 0.819. The van der Waals surface area contributed by atoms with Crippen LogP contribution in [-0.2, 0) is 10.3 Å². The number of nitrogens with zero attached hydrogens (tertiary/aromatic N) is 2. The van der Waals surface area contributed by atoms with Gasteiger partial charge < -0.3 is 14.8 Å². The molecule has 3 aliphatic heterocycles. The predicted octanol–water partition coefficient (Wildman–Crippen LogP) is 4.56. The summed E-state index contributed by atoms with van der Waals surface area (Å²) in [6, 6.07) is 19.8. The maximum absolute atomic E-state index is 13.6. The molecule has 3 aliphatic rings. The highest BCUT2D eigenvalue weighted by Crippen LogP contribution is 2.39. The summed E-state index contributed by atoms with van der Waals surface area (Å²) < 4.78 is 11.7. The Bertz CT molecular complexity index is 1310. The molecule has 0 aliphatic carbocycles. The van der Waals surface area contributed by atoms with Crippen LogP contribution >= 0.6 is 0 Å². The lowest BCUT2D eigenvalue weighted by molar-refractivity contribution is -0.132. The van der Waals surface area contributed by atoms with E-state index in [4.69, 9.17) is 9.47 Å². The SMILES string of the molecule is C[C@]1(c2ccc3ccccc3c2)NC(=O)N(CN2CCC[C@H]2c2ccc3c(c2)OCCCO3)C1=O. The molecular weight excluding hydrogens is 442 g/mol. The van der Waals surface area contributed by atoms with Crippen LogP contribution in [0, 0.1) is 0 Å². The van der Waals surface area contributed by atoms with Crippen molar-refractivity contribution in [3.63, 3.8) is 0 Å².